The van der Waals surface area contributed by atoms with Crippen molar-refractivity contribution in [2.75, 3.05) is 27.2 Å². The van der Waals surface area contributed by atoms with E-state index in [2.05, 4.69) is 23.9 Å². The molecule has 1 atom stereocenters. The number of benzene rings is 1. The van der Waals surface area contributed by atoms with E-state index in [1.165, 1.54) is 18.2 Å². The van der Waals surface area contributed by atoms with E-state index < -0.39 is 0 Å². The molecule has 0 aliphatic carbocycles. The fraction of sp³-hybridized carbons (Fsp3) is 0.600. The first-order valence-corrected chi connectivity index (χ1v) is 6.88. The SMILES string of the molecule is CC(c1cc(F)ccc1O)N1CCC(N(C)C)CC1. The smallest absolute Gasteiger partial charge is 0.123 e. The Morgan fingerprint density at radius 2 is 1.95 bits per heavy atom. The highest BCUT2D eigenvalue weighted by molar-refractivity contribution is 5.35. The molecular weight excluding hydrogens is 243 g/mol. The minimum Gasteiger partial charge on any atom is -0.508 e. The van der Waals surface area contributed by atoms with Crippen molar-refractivity contribution < 1.29 is 9.50 Å². The minimum absolute atomic E-state index is 0.0545. The lowest BCUT2D eigenvalue weighted by Gasteiger charge is -2.38. The van der Waals surface area contributed by atoms with Crippen LogP contribution in [0.15, 0.2) is 18.2 Å². The van der Waals surface area contributed by atoms with Gasteiger partial charge in [0.1, 0.15) is 11.6 Å². The molecule has 0 saturated carbocycles. The van der Waals surface area contributed by atoms with Crippen molar-refractivity contribution >= 4 is 0 Å². The molecule has 2 rings (SSSR count). The third-order valence-electron chi connectivity index (χ3n) is 4.22. The van der Waals surface area contributed by atoms with E-state index in [1.807, 2.05) is 6.92 Å². The molecule has 0 aromatic heterocycles. The quantitative estimate of drug-likeness (QED) is 0.911. The molecule has 1 heterocycles. The van der Waals surface area contributed by atoms with Crippen LogP contribution in [0.2, 0.25) is 0 Å². The number of nitrogens with zero attached hydrogens (tertiary/aromatic N) is 2. The number of hydrogen-bond donors (Lipinski definition) is 1. The molecule has 1 N–H and O–H groups in total. The first-order valence-electron chi connectivity index (χ1n) is 6.88. The van der Waals surface area contributed by atoms with Crippen molar-refractivity contribution in [2.24, 2.45) is 0 Å². The summed E-state index contributed by atoms with van der Waals surface area (Å²) in [4.78, 5) is 4.58. The minimum atomic E-state index is -0.289. The maximum absolute atomic E-state index is 13.3. The largest absolute Gasteiger partial charge is 0.508 e. The lowest BCUT2D eigenvalue weighted by atomic mass is 9.99. The van der Waals surface area contributed by atoms with E-state index in [0.29, 0.717) is 11.6 Å². The van der Waals surface area contributed by atoms with Gasteiger partial charge in [-0.2, -0.15) is 0 Å². The van der Waals surface area contributed by atoms with Crippen LogP contribution < -0.4 is 0 Å². The molecule has 1 aliphatic rings. The molecule has 3 nitrogen and oxygen atoms in total. The second-order valence-corrected chi connectivity index (χ2v) is 5.61. The topological polar surface area (TPSA) is 26.7 Å². The number of hydrogen-bond acceptors (Lipinski definition) is 3. The summed E-state index contributed by atoms with van der Waals surface area (Å²) in [6, 6.07) is 4.86. The Hall–Kier alpha value is -1.13. The Bertz CT molecular complexity index is 428. The van der Waals surface area contributed by atoms with Crippen LogP contribution >= 0.6 is 0 Å². The van der Waals surface area contributed by atoms with Gasteiger partial charge in [0.2, 0.25) is 0 Å². The van der Waals surface area contributed by atoms with Gasteiger partial charge in [-0.05, 0) is 52.1 Å². The summed E-state index contributed by atoms with van der Waals surface area (Å²) in [5.74, 6) is -0.105. The van der Waals surface area contributed by atoms with Crippen molar-refractivity contribution in [3.63, 3.8) is 0 Å². The monoisotopic (exact) mass is 266 g/mol. The highest BCUT2D eigenvalue weighted by Crippen LogP contribution is 2.31. The molecule has 106 valence electrons. The second kappa shape index (κ2) is 5.88. The number of likely N-dealkylation sites (tertiary alicyclic amines) is 1. The first kappa shape index (κ1) is 14.3. The van der Waals surface area contributed by atoms with Crippen LogP contribution in [0, 0.1) is 5.82 Å². The number of aromatic hydroxyl groups is 1. The van der Waals surface area contributed by atoms with Crippen LogP contribution in [-0.4, -0.2) is 48.1 Å². The lowest BCUT2D eigenvalue weighted by molar-refractivity contribution is 0.113. The number of halogens is 1. The van der Waals surface area contributed by atoms with Gasteiger partial charge >= 0.3 is 0 Å². The van der Waals surface area contributed by atoms with Gasteiger partial charge in [0.25, 0.3) is 0 Å². The van der Waals surface area contributed by atoms with Gasteiger partial charge in [0.05, 0.1) is 0 Å². The zero-order valence-electron chi connectivity index (χ0n) is 11.9. The van der Waals surface area contributed by atoms with Crippen molar-refractivity contribution in [3.05, 3.63) is 29.6 Å². The predicted molar refractivity (Wildman–Crippen MR) is 74.8 cm³/mol. The first-order chi connectivity index (χ1) is 8.99. The zero-order valence-corrected chi connectivity index (χ0v) is 11.9. The van der Waals surface area contributed by atoms with Crippen LogP contribution in [0.25, 0.3) is 0 Å². The van der Waals surface area contributed by atoms with E-state index in [9.17, 15) is 9.50 Å². The number of piperidine rings is 1. The summed E-state index contributed by atoms with van der Waals surface area (Å²) in [5, 5.41) is 9.87. The molecule has 0 spiro atoms. The van der Waals surface area contributed by atoms with Crippen LogP contribution in [0.3, 0.4) is 0 Å². The molecule has 1 aromatic carbocycles. The van der Waals surface area contributed by atoms with E-state index in [4.69, 9.17) is 0 Å². The Kier molecular flexibility index (Phi) is 4.42. The fourth-order valence-electron chi connectivity index (χ4n) is 2.85. The fourth-order valence-corrected chi connectivity index (χ4v) is 2.85. The van der Waals surface area contributed by atoms with E-state index in [0.717, 1.165) is 25.9 Å². The van der Waals surface area contributed by atoms with Gasteiger partial charge in [-0.3, -0.25) is 4.90 Å². The molecule has 0 radical (unpaired) electrons. The summed E-state index contributed by atoms with van der Waals surface area (Å²) in [7, 11) is 4.23. The van der Waals surface area contributed by atoms with Crippen molar-refractivity contribution in [1.29, 1.82) is 0 Å². The molecule has 0 amide bonds. The van der Waals surface area contributed by atoms with Gasteiger partial charge in [0.15, 0.2) is 0 Å². The second-order valence-electron chi connectivity index (χ2n) is 5.61. The Balaban J connectivity index is 2.05. The number of phenolic OH excluding ortho intramolecular Hbond substituents is 1. The molecule has 0 bridgehead atoms. The van der Waals surface area contributed by atoms with Gasteiger partial charge < -0.3 is 10.0 Å². The predicted octanol–water partition coefficient (Wildman–Crippen LogP) is 2.62. The molecule has 1 aliphatic heterocycles. The Morgan fingerprint density at radius 1 is 1.32 bits per heavy atom. The summed E-state index contributed by atoms with van der Waals surface area (Å²) < 4.78 is 13.3. The molecule has 1 saturated heterocycles. The maximum Gasteiger partial charge on any atom is 0.123 e. The van der Waals surface area contributed by atoms with E-state index >= 15 is 0 Å². The normalized spacial score (nSPS) is 19.8. The highest BCUT2D eigenvalue weighted by Gasteiger charge is 2.25. The summed E-state index contributed by atoms with van der Waals surface area (Å²) in [6.07, 6.45) is 2.24. The zero-order chi connectivity index (χ0) is 14.0. The highest BCUT2D eigenvalue weighted by atomic mass is 19.1. The van der Waals surface area contributed by atoms with Crippen molar-refractivity contribution in [1.82, 2.24) is 9.80 Å². The summed E-state index contributed by atoms with van der Waals surface area (Å²) in [6.45, 7) is 4.00. The van der Waals surface area contributed by atoms with Crippen LogP contribution in [0.5, 0.6) is 5.75 Å². The third kappa shape index (κ3) is 3.25. The average Bonchev–Trinajstić information content (AvgIpc) is 2.41. The molecule has 1 unspecified atom stereocenters. The van der Waals surface area contributed by atoms with E-state index in [1.54, 1.807) is 0 Å². The third-order valence-corrected chi connectivity index (χ3v) is 4.22. The number of rotatable bonds is 3. The standard InChI is InChI=1S/C15H23FN2O/c1-11(14-10-12(16)4-5-15(14)19)18-8-6-13(7-9-18)17(2)3/h4-5,10-11,13,19H,6-9H2,1-3H3. The van der Waals surface area contributed by atoms with Crippen molar-refractivity contribution in [3.8, 4) is 5.75 Å². The molecule has 19 heavy (non-hydrogen) atoms. The Morgan fingerprint density at radius 3 is 2.53 bits per heavy atom. The maximum atomic E-state index is 13.3. The summed E-state index contributed by atoms with van der Waals surface area (Å²) in [5.41, 5.74) is 0.684. The molecule has 4 heteroatoms. The molecule has 1 fully saturated rings. The van der Waals surface area contributed by atoms with Gasteiger partial charge in [-0.1, -0.05) is 0 Å². The van der Waals surface area contributed by atoms with Gasteiger partial charge in [0, 0.05) is 30.7 Å². The van der Waals surface area contributed by atoms with Gasteiger partial charge in [-0.15, -0.1) is 0 Å². The Labute approximate surface area is 114 Å². The average molecular weight is 266 g/mol. The van der Waals surface area contributed by atoms with Crippen LogP contribution in [-0.2, 0) is 0 Å². The molecule has 1 aromatic rings. The van der Waals surface area contributed by atoms with Crippen molar-refractivity contribution in [2.45, 2.75) is 31.8 Å². The number of phenols is 1. The molecular formula is C15H23FN2O. The lowest BCUT2D eigenvalue weighted by Crippen LogP contribution is -2.42. The van der Waals surface area contributed by atoms with Gasteiger partial charge in [-0.25, -0.2) is 4.39 Å². The van der Waals surface area contributed by atoms with Crippen LogP contribution in [0.4, 0.5) is 4.39 Å². The summed E-state index contributed by atoms with van der Waals surface area (Å²) >= 11 is 0. The van der Waals surface area contributed by atoms with E-state index in [-0.39, 0.29) is 17.6 Å². The van der Waals surface area contributed by atoms with Crippen LogP contribution in [0.1, 0.15) is 31.4 Å².